The van der Waals surface area contributed by atoms with E-state index in [0.717, 1.165) is 18.4 Å². The second kappa shape index (κ2) is 5.68. The molecule has 1 heterocycles. The van der Waals surface area contributed by atoms with Crippen LogP contribution in [0.4, 0.5) is 0 Å². The average molecular weight is 330 g/mol. The van der Waals surface area contributed by atoms with Gasteiger partial charge in [0.1, 0.15) is 0 Å². The Morgan fingerprint density at radius 3 is 2.61 bits per heavy atom. The largest absolute Gasteiger partial charge is 0.352 e. The zero-order valence-electron chi connectivity index (χ0n) is 13.1. The number of halogens is 1. The van der Waals surface area contributed by atoms with E-state index in [0.29, 0.717) is 22.5 Å². The van der Waals surface area contributed by atoms with Crippen LogP contribution in [-0.2, 0) is 0 Å². The van der Waals surface area contributed by atoms with E-state index in [-0.39, 0.29) is 5.91 Å². The molecular formula is C18H20ClN3O. The fraction of sp³-hybridized carbons (Fsp3) is 0.444. The summed E-state index contributed by atoms with van der Waals surface area (Å²) in [7, 11) is 0. The van der Waals surface area contributed by atoms with Crippen molar-refractivity contribution in [1.29, 1.82) is 0 Å². The quantitative estimate of drug-likeness (QED) is 0.933. The zero-order valence-corrected chi connectivity index (χ0v) is 13.8. The van der Waals surface area contributed by atoms with Crippen LogP contribution in [0.3, 0.4) is 0 Å². The monoisotopic (exact) mass is 329 g/mol. The van der Waals surface area contributed by atoms with Crippen LogP contribution in [-0.4, -0.2) is 22.2 Å². The molecule has 4 rings (SSSR count). The predicted molar refractivity (Wildman–Crippen MR) is 89.5 cm³/mol. The Balaban J connectivity index is 1.27. The molecule has 2 unspecified atom stereocenters. The standard InChI is InChI=1S/C18H20ClN3O/c1-11-8-21-22(10-11)14-6-15-16(7-14)17(15)9-20-18(23)12-2-4-13(19)5-3-12/h2-5,8,10,14-17H,6-7,9H2,1H3,(H,20,23)/t14?,15-,16+,17?. The Morgan fingerprint density at radius 2 is 2.00 bits per heavy atom. The van der Waals surface area contributed by atoms with Crippen LogP contribution < -0.4 is 5.32 Å². The molecule has 4 atom stereocenters. The number of nitrogens with zero attached hydrogens (tertiary/aromatic N) is 2. The van der Waals surface area contributed by atoms with Gasteiger partial charge in [0.2, 0.25) is 0 Å². The third-order valence-electron chi connectivity index (χ3n) is 5.31. The van der Waals surface area contributed by atoms with Crippen molar-refractivity contribution in [2.45, 2.75) is 25.8 Å². The Kier molecular flexibility index (Phi) is 3.64. The van der Waals surface area contributed by atoms with Crippen molar-refractivity contribution in [2.75, 3.05) is 6.54 Å². The molecule has 2 aliphatic rings. The van der Waals surface area contributed by atoms with Gasteiger partial charge in [-0.05, 0) is 67.3 Å². The first-order valence-corrected chi connectivity index (χ1v) is 8.54. The first-order valence-electron chi connectivity index (χ1n) is 8.16. The van der Waals surface area contributed by atoms with Crippen LogP contribution in [0.2, 0.25) is 5.02 Å². The molecule has 0 bridgehead atoms. The van der Waals surface area contributed by atoms with Crippen LogP contribution in [0, 0.1) is 24.7 Å². The molecule has 4 nitrogen and oxygen atoms in total. The minimum absolute atomic E-state index is 0.00843. The smallest absolute Gasteiger partial charge is 0.251 e. The molecule has 2 saturated carbocycles. The van der Waals surface area contributed by atoms with E-state index in [1.54, 1.807) is 24.3 Å². The summed E-state index contributed by atoms with van der Waals surface area (Å²) in [6, 6.07) is 7.57. The van der Waals surface area contributed by atoms with E-state index >= 15 is 0 Å². The number of aryl methyl sites for hydroxylation is 1. The summed E-state index contributed by atoms with van der Waals surface area (Å²) in [5.41, 5.74) is 1.89. The lowest BCUT2D eigenvalue weighted by atomic mass is 10.1. The number of hydrogen-bond donors (Lipinski definition) is 1. The van der Waals surface area contributed by atoms with Gasteiger partial charge in [-0.2, -0.15) is 5.10 Å². The molecule has 2 fully saturated rings. The maximum atomic E-state index is 12.1. The summed E-state index contributed by atoms with van der Waals surface area (Å²) in [6.07, 6.45) is 6.43. The van der Waals surface area contributed by atoms with E-state index in [2.05, 4.69) is 28.2 Å². The van der Waals surface area contributed by atoms with E-state index in [4.69, 9.17) is 11.6 Å². The Bertz CT molecular complexity index is 712. The van der Waals surface area contributed by atoms with Crippen molar-refractivity contribution in [1.82, 2.24) is 15.1 Å². The van der Waals surface area contributed by atoms with Gasteiger partial charge < -0.3 is 5.32 Å². The topological polar surface area (TPSA) is 46.9 Å². The highest BCUT2D eigenvalue weighted by Crippen LogP contribution is 2.60. The fourth-order valence-corrected chi connectivity index (χ4v) is 4.14. The van der Waals surface area contributed by atoms with Crippen molar-refractivity contribution in [3.8, 4) is 0 Å². The van der Waals surface area contributed by atoms with Gasteiger partial charge in [-0.1, -0.05) is 11.6 Å². The summed E-state index contributed by atoms with van der Waals surface area (Å²) in [5, 5.41) is 8.15. The summed E-state index contributed by atoms with van der Waals surface area (Å²) in [6.45, 7) is 2.86. The Labute approximate surface area is 140 Å². The molecule has 0 saturated heterocycles. The minimum atomic E-state index is -0.00843. The molecule has 2 aromatic rings. The first-order chi connectivity index (χ1) is 11.1. The molecule has 120 valence electrons. The maximum Gasteiger partial charge on any atom is 0.251 e. The number of carbonyl (C=O) groups is 1. The summed E-state index contributed by atoms with van der Waals surface area (Å²) in [5.74, 6) is 2.12. The minimum Gasteiger partial charge on any atom is -0.352 e. The van der Waals surface area contributed by atoms with Gasteiger partial charge in [0.25, 0.3) is 5.91 Å². The Hall–Kier alpha value is -1.81. The van der Waals surface area contributed by atoms with Crippen molar-refractivity contribution in [3.63, 3.8) is 0 Å². The molecule has 5 heteroatoms. The fourth-order valence-electron chi connectivity index (χ4n) is 4.01. The molecule has 1 aromatic carbocycles. The van der Waals surface area contributed by atoms with Gasteiger partial charge in [-0.15, -0.1) is 0 Å². The van der Waals surface area contributed by atoms with E-state index in [9.17, 15) is 4.79 Å². The van der Waals surface area contributed by atoms with E-state index < -0.39 is 0 Å². The maximum absolute atomic E-state index is 12.1. The first kappa shape index (κ1) is 14.8. The van der Waals surface area contributed by atoms with Gasteiger partial charge in [0.05, 0.1) is 12.2 Å². The van der Waals surface area contributed by atoms with Gasteiger partial charge in [-0.25, -0.2) is 0 Å². The van der Waals surface area contributed by atoms with Gasteiger partial charge >= 0.3 is 0 Å². The van der Waals surface area contributed by atoms with Crippen molar-refractivity contribution < 1.29 is 4.79 Å². The SMILES string of the molecule is Cc1cnn(C2C[C@@H]3C(CNC(=O)c4ccc(Cl)cc4)[C@@H]3C2)c1. The van der Waals surface area contributed by atoms with Gasteiger partial charge in [-0.3, -0.25) is 9.48 Å². The summed E-state index contributed by atoms with van der Waals surface area (Å²) in [4.78, 5) is 12.1. The number of fused-ring (bicyclic) bond motifs is 1. The number of rotatable bonds is 4. The highest BCUT2D eigenvalue weighted by molar-refractivity contribution is 6.30. The van der Waals surface area contributed by atoms with Crippen LogP contribution >= 0.6 is 11.6 Å². The number of nitrogens with one attached hydrogen (secondary N) is 1. The number of hydrogen-bond acceptors (Lipinski definition) is 2. The third kappa shape index (κ3) is 2.88. The van der Waals surface area contributed by atoms with Crippen molar-refractivity contribution >= 4 is 17.5 Å². The molecule has 1 aromatic heterocycles. The number of carbonyl (C=O) groups excluding carboxylic acids is 1. The summed E-state index contributed by atoms with van der Waals surface area (Å²) >= 11 is 5.85. The van der Waals surface area contributed by atoms with Gasteiger partial charge in [0.15, 0.2) is 0 Å². The predicted octanol–water partition coefficient (Wildman–Crippen LogP) is 3.47. The lowest BCUT2D eigenvalue weighted by molar-refractivity contribution is 0.0950. The van der Waals surface area contributed by atoms with E-state index in [1.807, 2.05) is 6.20 Å². The van der Waals surface area contributed by atoms with Crippen LogP contribution in [0.5, 0.6) is 0 Å². The second-order valence-corrected chi connectivity index (χ2v) is 7.27. The van der Waals surface area contributed by atoms with E-state index in [1.165, 1.54) is 18.4 Å². The normalized spacial score (nSPS) is 28.4. The molecule has 0 spiro atoms. The zero-order chi connectivity index (χ0) is 16.0. The Morgan fingerprint density at radius 1 is 1.30 bits per heavy atom. The molecule has 2 aliphatic carbocycles. The lowest BCUT2D eigenvalue weighted by Crippen LogP contribution is -2.27. The molecule has 1 N–H and O–H groups in total. The lowest BCUT2D eigenvalue weighted by Gasteiger charge is -2.15. The molecule has 0 radical (unpaired) electrons. The number of benzene rings is 1. The van der Waals surface area contributed by atoms with Gasteiger partial charge in [0, 0.05) is 23.3 Å². The molecule has 1 amide bonds. The highest BCUT2D eigenvalue weighted by Gasteiger charge is 2.56. The highest BCUT2D eigenvalue weighted by atomic mass is 35.5. The summed E-state index contributed by atoms with van der Waals surface area (Å²) < 4.78 is 2.12. The van der Waals surface area contributed by atoms with Crippen LogP contribution in [0.25, 0.3) is 0 Å². The number of amides is 1. The van der Waals surface area contributed by atoms with Crippen LogP contribution in [0.15, 0.2) is 36.7 Å². The second-order valence-electron chi connectivity index (χ2n) is 6.83. The average Bonchev–Trinajstić information content (AvgIpc) is 2.92. The molecule has 23 heavy (non-hydrogen) atoms. The molecule has 0 aliphatic heterocycles. The third-order valence-corrected chi connectivity index (χ3v) is 5.56. The number of aromatic nitrogens is 2. The molecular weight excluding hydrogens is 310 g/mol. The van der Waals surface area contributed by atoms with Crippen LogP contribution in [0.1, 0.15) is 34.8 Å². The van der Waals surface area contributed by atoms with Crippen molar-refractivity contribution in [2.24, 2.45) is 17.8 Å². The van der Waals surface area contributed by atoms with Crippen molar-refractivity contribution in [3.05, 3.63) is 52.8 Å².